The number of alkyl halides is 3. The van der Waals surface area contributed by atoms with E-state index in [0.29, 0.717) is 16.8 Å². The maximum absolute atomic E-state index is 14.7. The normalized spacial score (nSPS) is 11.3. The first-order chi connectivity index (χ1) is 18.6. The topological polar surface area (TPSA) is 127 Å². The summed E-state index contributed by atoms with van der Waals surface area (Å²) in [5.41, 5.74) is 6.90. The molecule has 1 aromatic heterocycles. The number of amides is 1. The van der Waals surface area contributed by atoms with E-state index < -0.39 is 23.8 Å². The van der Waals surface area contributed by atoms with Crippen molar-refractivity contribution in [1.82, 2.24) is 9.97 Å². The Morgan fingerprint density at radius 1 is 1.13 bits per heavy atom. The van der Waals surface area contributed by atoms with E-state index in [0.717, 1.165) is 24.3 Å². The zero-order valence-electron chi connectivity index (χ0n) is 21.3. The van der Waals surface area contributed by atoms with Gasteiger partial charge in [0.15, 0.2) is 0 Å². The molecule has 13 heteroatoms. The average molecular weight is 546 g/mol. The molecule has 0 spiro atoms. The second-order valence-electron chi connectivity index (χ2n) is 7.18. The Labute approximate surface area is 222 Å². The molecule has 2 aromatic carbocycles. The number of aromatic nitrogens is 2. The first-order valence-electron chi connectivity index (χ1n) is 11.5. The third-order valence-electron chi connectivity index (χ3n) is 4.56. The van der Waals surface area contributed by atoms with E-state index in [1.807, 2.05) is 13.8 Å². The van der Waals surface area contributed by atoms with Crippen LogP contribution in [0.25, 0.3) is 11.1 Å². The monoisotopic (exact) mass is 545 g/mol. The summed E-state index contributed by atoms with van der Waals surface area (Å²) in [7, 11) is 1.54. The maximum atomic E-state index is 14.7. The third-order valence-corrected chi connectivity index (χ3v) is 4.56. The summed E-state index contributed by atoms with van der Waals surface area (Å²) in [5.74, 6) is -1.41. The van der Waals surface area contributed by atoms with Crippen LogP contribution in [0.2, 0.25) is 0 Å². The molecule has 0 aliphatic carbocycles. The Hall–Kier alpha value is -4.94. The molecular formula is C26H27F4N7O2. The number of allylic oxidation sites excluding steroid dienone is 1. The summed E-state index contributed by atoms with van der Waals surface area (Å²) >= 11 is 0. The van der Waals surface area contributed by atoms with Crippen LogP contribution in [-0.4, -0.2) is 35.5 Å². The molecule has 0 bridgehead atoms. The summed E-state index contributed by atoms with van der Waals surface area (Å²) in [6, 6.07) is 8.81. The van der Waals surface area contributed by atoms with Gasteiger partial charge in [-0.05, 0) is 42.0 Å². The van der Waals surface area contributed by atoms with E-state index in [-0.39, 0.29) is 23.1 Å². The molecule has 1 amide bonds. The number of hydrogen-bond acceptors (Lipinski definition) is 8. The highest BCUT2D eigenvalue weighted by atomic mass is 19.4. The number of carbonyl (C=O) groups is 1. The van der Waals surface area contributed by atoms with E-state index in [9.17, 15) is 22.4 Å². The molecule has 1 heterocycles. The third kappa shape index (κ3) is 9.14. The van der Waals surface area contributed by atoms with Crippen molar-refractivity contribution in [3.05, 3.63) is 79.0 Å². The molecule has 0 aliphatic rings. The van der Waals surface area contributed by atoms with Gasteiger partial charge < -0.3 is 26.4 Å². The van der Waals surface area contributed by atoms with Gasteiger partial charge in [0.2, 0.25) is 11.9 Å². The molecule has 9 nitrogen and oxygen atoms in total. The largest absolute Gasteiger partial charge is 0.573 e. The van der Waals surface area contributed by atoms with E-state index in [4.69, 9.17) is 5.73 Å². The molecule has 0 saturated heterocycles. The minimum atomic E-state index is -4.84. The molecule has 0 saturated carbocycles. The Bertz CT molecular complexity index is 1340. The highest BCUT2D eigenvalue weighted by Crippen LogP contribution is 2.33. The van der Waals surface area contributed by atoms with Gasteiger partial charge in [-0.3, -0.25) is 9.79 Å². The van der Waals surface area contributed by atoms with Crippen LogP contribution in [0.4, 0.5) is 40.7 Å². The highest BCUT2D eigenvalue weighted by Gasteiger charge is 2.31. The number of halogens is 4. The fraction of sp³-hybridized carbons (Fsp3) is 0.154. The number of aliphatic imine (C=N–C) groups is 1. The van der Waals surface area contributed by atoms with Crippen LogP contribution in [-0.2, 0) is 4.79 Å². The lowest BCUT2D eigenvalue weighted by atomic mass is 10.1. The fourth-order valence-electron chi connectivity index (χ4n) is 2.99. The van der Waals surface area contributed by atoms with Crippen LogP contribution in [0, 0.1) is 5.82 Å². The number of hydrogen-bond donors (Lipinski definition) is 4. The van der Waals surface area contributed by atoms with E-state index in [2.05, 4.69) is 42.2 Å². The highest BCUT2D eigenvalue weighted by molar-refractivity contribution is 5.99. The number of nitrogens with two attached hydrogens (primary N) is 1. The van der Waals surface area contributed by atoms with Gasteiger partial charge in [0, 0.05) is 36.9 Å². The zero-order chi connectivity index (χ0) is 29.0. The second kappa shape index (κ2) is 14.1. The maximum Gasteiger partial charge on any atom is 0.573 e. The molecule has 5 N–H and O–H groups in total. The first kappa shape index (κ1) is 30.3. The lowest BCUT2D eigenvalue weighted by molar-refractivity contribution is -0.274. The second-order valence-corrected chi connectivity index (χ2v) is 7.18. The van der Waals surface area contributed by atoms with Gasteiger partial charge in [-0.15, -0.1) is 13.2 Å². The van der Waals surface area contributed by atoms with Crippen molar-refractivity contribution >= 4 is 35.3 Å². The molecule has 3 rings (SSSR count). The number of anilines is 4. The molecule has 3 aromatic rings. The van der Waals surface area contributed by atoms with Crippen molar-refractivity contribution in [1.29, 1.82) is 0 Å². The Morgan fingerprint density at radius 3 is 2.41 bits per heavy atom. The van der Waals surface area contributed by atoms with Crippen molar-refractivity contribution in [3.63, 3.8) is 0 Å². The van der Waals surface area contributed by atoms with Crippen molar-refractivity contribution in [3.8, 4) is 16.9 Å². The minimum absolute atomic E-state index is 0.0468. The summed E-state index contributed by atoms with van der Waals surface area (Å²) in [5, 5.41) is 8.22. The molecule has 206 valence electrons. The molecular weight excluding hydrogens is 518 g/mol. The number of nitrogens with one attached hydrogen (secondary N) is 3. The Morgan fingerprint density at radius 2 is 1.82 bits per heavy atom. The van der Waals surface area contributed by atoms with Gasteiger partial charge in [-0.1, -0.05) is 32.6 Å². The molecule has 0 radical (unpaired) electrons. The molecule has 0 fully saturated rings. The average Bonchev–Trinajstić information content (AvgIpc) is 2.91. The van der Waals surface area contributed by atoms with Crippen molar-refractivity contribution in [2.24, 2.45) is 10.7 Å². The summed E-state index contributed by atoms with van der Waals surface area (Å²) in [4.78, 5) is 24.1. The van der Waals surface area contributed by atoms with Gasteiger partial charge in [-0.25, -0.2) is 9.37 Å². The molecule has 0 unspecified atom stereocenters. The first-order valence-corrected chi connectivity index (χ1v) is 11.5. The van der Waals surface area contributed by atoms with Crippen molar-refractivity contribution < 1.29 is 27.1 Å². The van der Waals surface area contributed by atoms with Gasteiger partial charge >= 0.3 is 6.36 Å². The standard InChI is InChI=1S/C24H21F4N7O2.C2H6/c1-3-21(36)32-15-6-9-19(25)20(10-15)34-22-18(13-31-23(35-22)33-16(11-29)12-30-2)14-4-7-17(8-5-14)37-24(26,27)28;1-2/h3-13H,1,29H2,2H3,(H,32,36)(H2,31,33,34,35);1-2H3/b16-11+,30-12?;. The predicted molar refractivity (Wildman–Crippen MR) is 144 cm³/mol. The number of rotatable bonds is 9. The minimum Gasteiger partial charge on any atom is -0.406 e. The number of nitrogens with zero attached hydrogens (tertiary/aromatic N) is 3. The zero-order valence-corrected chi connectivity index (χ0v) is 21.3. The number of benzene rings is 2. The molecule has 0 aliphatic heterocycles. The van der Waals surface area contributed by atoms with E-state index >= 15 is 0 Å². The van der Waals surface area contributed by atoms with Crippen LogP contribution >= 0.6 is 0 Å². The molecule has 0 atom stereocenters. The van der Waals surface area contributed by atoms with Crippen LogP contribution in [0.5, 0.6) is 5.75 Å². The van der Waals surface area contributed by atoms with Crippen LogP contribution in [0.15, 0.2) is 78.2 Å². The van der Waals surface area contributed by atoms with Gasteiger partial charge in [-0.2, -0.15) is 4.98 Å². The SMILES string of the molecule is C=CC(=O)Nc1ccc(F)c(Nc2nc(N/C(C=NC)=C/N)ncc2-c2ccc(OC(F)(F)F)cc2)c1.CC. The van der Waals surface area contributed by atoms with Crippen LogP contribution < -0.4 is 26.4 Å². The Kier molecular flexibility index (Phi) is 11.0. The summed E-state index contributed by atoms with van der Waals surface area (Å²) in [6.45, 7) is 7.37. The van der Waals surface area contributed by atoms with Crippen molar-refractivity contribution in [2.45, 2.75) is 20.2 Å². The predicted octanol–water partition coefficient (Wildman–Crippen LogP) is 5.99. The quantitative estimate of drug-likeness (QED) is 0.148. The van der Waals surface area contributed by atoms with E-state index in [1.54, 1.807) is 0 Å². The lowest BCUT2D eigenvalue weighted by Gasteiger charge is -2.15. The lowest BCUT2D eigenvalue weighted by Crippen LogP contribution is -2.16. The van der Waals surface area contributed by atoms with E-state index in [1.165, 1.54) is 49.9 Å². The van der Waals surface area contributed by atoms with Crippen molar-refractivity contribution in [2.75, 3.05) is 23.0 Å². The smallest absolute Gasteiger partial charge is 0.406 e. The number of carbonyl (C=O) groups excluding carboxylic acids is 1. The summed E-state index contributed by atoms with van der Waals surface area (Å²) < 4.78 is 56.2. The van der Waals surface area contributed by atoms with Gasteiger partial charge in [0.05, 0.1) is 11.4 Å². The molecule has 39 heavy (non-hydrogen) atoms. The summed E-state index contributed by atoms with van der Waals surface area (Å²) in [6.07, 6.45) is 0.266. The Balaban J connectivity index is 0.00000260. The van der Waals surface area contributed by atoms with Crippen LogP contribution in [0.3, 0.4) is 0 Å². The van der Waals surface area contributed by atoms with Gasteiger partial charge in [0.1, 0.15) is 17.4 Å². The number of ether oxygens (including phenoxy) is 1. The van der Waals surface area contributed by atoms with Crippen LogP contribution in [0.1, 0.15) is 13.8 Å². The van der Waals surface area contributed by atoms with Gasteiger partial charge in [0.25, 0.3) is 0 Å². The fourth-order valence-corrected chi connectivity index (χ4v) is 2.99.